The van der Waals surface area contributed by atoms with Crippen molar-refractivity contribution in [3.63, 3.8) is 0 Å². The Kier molecular flexibility index (Phi) is 5.56. The van der Waals surface area contributed by atoms with Crippen LogP contribution >= 0.6 is 0 Å². The number of nitrogens with zero attached hydrogens (tertiary/aromatic N) is 1. The Morgan fingerprint density at radius 2 is 1.81 bits per heavy atom. The molecule has 1 amide bonds. The molecule has 0 aliphatic heterocycles. The topological polar surface area (TPSA) is 95.1 Å². The van der Waals surface area contributed by atoms with Crippen LogP contribution in [0.4, 0.5) is 5.69 Å². The van der Waals surface area contributed by atoms with E-state index in [4.69, 9.17) is 0 Å². The molecule has 1 heterocycles. The summed E-state index contributed by atoms with van der Waals surface area (Å²) >= 11 is 0. The number of aromatic carboxylic acids is 1. The van der Waals surface area contributed by atoms with Gasteiger partial charge in [0.2, 0.25) is 0 Å². The lowest BCUT2D eigenvalue weighted by atomic mass is 9.48. The van der Waals surface area contributed by atoms with Gasteiger partial charge in [0, 0.05) is 17.8 Å². The molecule has 4 aliphatic carbocycles. The third-order valence-corrected chi connectivity index (χ3v) is 7.97. The number of rotatable bonds is 8. The molecular formula is C26H33N3O3. The minimum Gasteiger partial charge on any atom is -0.478 e. The van der Waals surface area contributed by atoms with Gasteiger partial charge in [0.15, 0.2) is 0 Å². The smallest absolute Gasteiger partial charge is 0.335 e. The van der Waals surface area contributed by atoms with Crippen LogP contribution in [0.1, 0.15) is 90.7 Å². The number of hydrogen-bond acceptors (Lipinski definition) is 3. The SMILES string of the molecule is CCCc1nc(C(=O)Nc2cccc(C(=O)O)c2)c(CCC23CC4CC(CC(C4)C2)C3)[nH]1. The molecule has 3 N–H and O–H groups in total. The highest BCUT2D eigenvalue weighted by atomic mass is 16.4. The molecule has 0 radical (unpaired) electrons. The number of imidazole rings is 1. The van der Waals surface area contributed by atoms with Gasteiger partial charge < -0.3 is 15.4 Å². The summed E-state index contributed by atoms with van der Waals surface area (Å²) in [5.74, 6) is 2.33. The van der Waals surface area contributed by atoms with Gasteiger partial charge in [0.25, 0.3) is 5.91 Å². The Morgan fingerprint density at radius 3 is 2.44 bits per heavy atom. The van der Waals surface area contributed by atoms with Crippen molar-refractivity contribution < 1.29 is 14.7 Å². The minimum atomic E-state index is -1.01. The van der Waals surface area contributed by atoms with Gasteiger partial charge >= 0.3 is 5.97 Å². The number of anilines is 1. The maximum Gasteiger partial charge on any atom is 0.335 e. The van der Waals surface area contributed by atoms with E-state index in [2.05, 4.69) is 22.2 Å². The molecule has 4 fully saturated rings. The number of benzene rings is 1. The normalized spacial score (nSPS) is 28.1. The number of aromatic amines is 1. The quantitative estimate of drug-likeness (QED) is 0.513. The van der Waals surface area contributed by atoms with Crippen LogP contribution in [0.3, 0.4) is 0 Å². The first-order valence-corrected chi connectivity index (χ1v) is 12.2. The van der Waals surface area contributed by atoms with Crippen molar-refractivity contribution in [2.75, 3.05) is 5.32 Å². The summed E-state index contributed by atoms with van der Waals surface area (Å²) in [4.78, 5) is 32.5. The Hall–Kier alpha value is -2.63. The molecule has 6 heteroatoms. The van der Waals surface area contributed by atoms with Crippen LogP contribution in [0.25, 0.3) is 0 Å². The number of nitrogens with one attached hydrogen (secondary N) is 2. The molecule has 6 rings (SSSR count). The van der Waals surface area contributed by atoms with Crippen LogP contribution < -0.4 is 5.32 Å². The average molecular weight is 436 g/mol. The molecule has 0 atom stereocenters. The lowest BCUT2D eigenvalue weighted by Gasteiger charge is -2.57. The third kappa shape index (κ3) is 4.19. The van der Waals surface area contributed by atoms with Crippen LogP contribution in [0.2, 0.25) is 0 Å². The molecule has 4 saturated carbocycles. The Balaban J connectivity index is 1.33. The fourth-order valence-corrected chi connectivity index (χ4v) is 7.09. The number of aromatic nitrogens is 2. The van der Waals surface area contributed by atoms with Crippen molar-refractivity contribution in [2.24, 2.45) is 23.2 Å². The van der Waals surface area contributed by atoms with Gasteiger partial charge in [0.05, 0.1) is 5.56 Å². The molecule has 6 nitrogen and oxygen atoms in total. The number of carboxylic acids is 1. The Labute approximate surface area is 189 Å². The molecule has 1 aromatic heterocycles. The molecule has 0 spiro atoms. The number of carboxylic acid groups (broad SMARTS) is 1. The molecule has 170 valence electrons. The molecule has 0 saturated heterocycles. The monoisotopic (exact) mass is 435 g/mol. The van der Waals surface area contributed by atoms with E-state index in [-0.39, 0.29) is 11.5 Å². The van der Waals surface area contributed by atoms with Crippen molar-refractivity contribution in [3.8, 4) is 0 Å². The van der Waals surface area contributed by atoms with Crippen LogP contribution in [0, 0.1) is 23.2 Å². The van der Waals surface area contributed by atoms with E-state index >= 15 is 0 Å². The number of H-pyrrole nitrogens is 1. The largest absolute Gasteiger partial charge is 0.478 e. The lowest BCUT2D eigenvalue weighted by molar-refractivity contribution is -0.0570. The molecule has 1 aromatic carbocycles. The second kappa shape index (κ2) is 8.38. The Morgan fingerprint density at radius 1 is 1.12 bits per heavy atom. The summed E-state index contributed by atoms with van der Waals surface area (Å²) in [6.07, 6.45) is 12.1. The van der Waals surface area contributed by atoms with Gasteiger partial charge in [-0.1, -0.05) is 13.0 Å². The molecule has 4 bridgehead atoms. The predicted octanol–water partition coefficient (Wildman–Crippen LogP) is 5.46. The molecule has 0 unspecified atom stereocenters. The van der Waals surface area contributed by atoms with Crippen molar-refractivity contribution in [2.45, 2.75) is 71.1 Å². The van der Waals surface area contributed by atoms with E-state index < -0.39 is 5.97 Å². The van der Waals surface area contributed by atoms with Crippen LogP contribution in [-0.4, -0.2) is 27.0 Å². The molecule has 4 aliphatic rings. The maximum absolute atomic E-state index is 13.1. The summed E-state index contributed by atoms with van der Waals surface area (Å²) in [6, 6.07) is 6.34. The first-order valence-electron chi connectivity index (χ1n) is 12.2. The van der Waals surface area contributed by atoms with Gasteiger partial charge in [-0.15, -0.1) is 0 Å². The number of aryl methyl sites for hydroxylation is 2. The van der Waals surface area contributed by atoms with Gasteiger partial charge in [0.1, 0.15) is 11.5 Å². The highest BCUT2D eigenvalue weighted by Crippen LogP contribution is 2.61. The minimum absolute atomic E-state index is 0.151. The second-order valence-electron chi connectivity index (χ2n) is 10.5. The first kappa shape index (κ1) is 21.2. The van der Waals surface area contributed by atoms with Crippen LogP contribution in [0.15, 0.2) is 24.3 Å². The molecule has 32 heavy (non-hydrogen) atoms. The van der Waals surface area contributed by atoms with Crippen LogP contribution in [0.5, 0.6) is 0 Å². The van der Waals surface area contributed by atoms with E-state index in [0.717, 1.165) is 55.0 Å². The van der Waals surface area contributed by atoms with Gasteiger partial charge in [-0.25, -0.2) is 9.78 Å². The maximum atomic E-state index is 13.1. The van der Waals surface area contributed by atoms with Crippen molar-refractivity contribution in [1.82, 2.24) is 9.97 Å². The summed E-state index contributed by atoms with van der Waals surface area (Å²) < 4.78 is 0. The number of carbonyl (C=O) groups is 2. The van der Waals surface area contributed by atoms with Crippen molar-refractivity contribution in [1.29, 1.82) is 0 Å². The Bertz CT molecular complexity index is 990. The summed E-state index contributed by atoms with van der Waals surface area (Å²) in [7, 11) is 0. The van der Waals surface area contributed by atoms with E-state index in [0.29, 0.717) is 16.8 Å². The van der Waals surface area contributed by atoms with Crippen molar-refractivity contribution in [3.05, 3.63) is 47.0 Å². The standard InChI is InChI=1S/C26H33N3O3/c1-2-4-22-28-21(7-8-26-13-16-9-17(14-26)11-18(10-16)15-26)23(29-22)24(30)27-20-6-3-5-19(12-20)25(31)32/h3,5-6,12,16-18H,2,4,7-11,13-15H2,1H3,(H,27,30)(H,28,29)(H,31,32). The van der Waals surface area contributed by atoms with Crippen LogP contribution in [-0.2, 0) is 12.8 Å². The van der Waals surface area contributed by atoms with E-state index in [9.17, 15) is 14.7 Å². The van der Waals surface area contributed by atoms with E-state index in [1.807, 2.05) is 0 Å². The van der Waals surface area contributed by atoms with E-state index in [1.165, 1.54) is 50.7 Å². The number of amides is 1. The second-order valence-corrected chi connectivity index (χ2v) is 10.5. The predicted molar refractivity (Wildman–Crippen MR) is 123 cm³/mol. The van der Waals surface area contributed by atoms with Gasteiger partial charge in [-0.05, 0) is 99.2 Å². The van der Waals surface area contributed by atoms with E-state index in [1.54, 1.807) is 12.1 Å². The zero-order valence-electron chi connectivity index (χ0n) is 18.8. The molecular weight excluding hydrogens is 402 g/mol. The summed E-state index contributed by atoms with van der Waals surface area (Å²) in [5, 5.41) is 12.1. The zero-order chi connectivity index (χ0) is 22.3. The highest BCUT2D eigenvalue weighted by Gasteiger charge is 2.50. The molecule has 2 aromatic rings. The fourth-order valence-electron chi connectivity index (χ4n) is 7.09. The zero-order valence-corrected chi connectivity index (χ0v) is 18.8. The number of carbonyl (C=O) groups excluding carboxylic acids is 1. The number of hydrogen-bond donors (Lipinski definition) is 3. The lowest BCUT2D eigenvalue weighted by Crippen LogP contribution is -2.46. The third-order valence-electron chi connectivity index (χ3n) is 7.97. The first-order chi connectivity index (χ1) is 15.4. The van der Waals surface area contributed by atoms with Gasteiger partial charge in [-0.2, -0.15) is 0 Å². The van der Waals surface area contributed by atoms with Crippen molar-refractivity contribution >= 4 is 17.6 Å². The average Bonchev–Trinajstić information content (AvgIpc) is 3.15. The summed E-state index contributed by atoms with van der Waals surface area (Å²) in [6.45, 7) is 2.11. The van der Waals surface area contributed by atoms with Gasteiger partial charge in [-0.3, -0.25) is 4.79 Å². The highest BCUT2D eigenvalue weighted by molar-refractivity contribution is 6.04. The summed E-state index contributed by atoms with van der Waals surface area (Å²) in [5.41, 5.74) is 2.46. The fraction of sp³-hybridized carbons (Fsp3) is 0.577.